The van der Waals surface area contributed by atoms with Crippen molar-refractivity contribution in [3.63, 3.8) is 0 Å². The van der Waals surface area contributed by atoms with E-state index in [9.17, 15) is 9.59 Å². The van der Waals surface area contributed by atoms with Crippen molar-refractivity contribution < 1.29 is 19.1 Å². The number of aromatic nitrogens is 1. The molecule has 204 valence electrons. The van der Waals surface area contributed by atoms with Crippen LogP contribution < -0.4 is 4.74 Å². The van der Waals surface area contributed by atoms with E-state index in [2.05, 4.69) is 11.1 Å². The van der Waals surface area contributed by atoms with Crippen LogP contribution in [0.15, 0.2) is 79.0 Å². The van der Waals surface area contributed by atoms with Crippen molar-refractivity contribution in [2.24, 2.45) is 0 Å². The number of carbonyl (C=O) groups is 2. The summed E-state index contributed by atoms with van der Waals surface area (Å²) in [4.78, 5) is 34.0. The molecule has 0 saturated carbocycles. The number of nitrogens with one attached hydrogen (secondary N) is 1. The standard InChI is InChI=1S/C32H37N3O4/c1-24-9-13-26(14-10-24)32(37)35(18-6-20-38-2)23-31(36)34(22-25-11-15-28(39-3)16-12-25)19-17-27-21-33-30-8-5-4-7-29(27)30/h4-5,7-16,21,33H,6,17-20,22-23H2,1-3H3. The number of methoxy groups -OCH3 is 2. The van der Waals surface area contributed by atoms with Crippen molar-refractivity contribution in [1.82, 2.24) is 14.8 Å². The highest BCUT2D eigenvalue weighted by Crippen LogP contribution is 2.20. The smallest absolute Gasteiger partial charge is 0.254 e. The summed E-state index contributed by atoms with van der Waals surface area (Å²) in [6, 6.07) is 23.4. The first-order chi connectivity index (χ1) is 19.0. The average Bonchev–Trinajstić information content (AvgIpc) is 3.38. The third-order valence-corrected chi connectivity index (χ3v) is 6.90. The molecule has 0 aliphatic carbocycles. The van der Waals surface area contributed by atoms with Crippen molar-refractivity contribution >= 4 is 22.7 Å². The van der Waals surface area contributed by atoms with Gasteiger partial charge in [-0.1, -0.05) is 48.0 Å². The first-order valence-corrected chi connectivity index (χ1v) is 13.3. The number of benzene rings is 3. The average molecular weight is 528 g/mol. The Hall–Kier alpha value is -4.10. The first-order valence-electron chi connectivity index (χ1n) is 13.3. The topological polar surface area (TPSA) is 74.9 Å². The molecule has 2 amide bonds. The van der Waals surface area contributed by atoms with Gasteiger partial charge < -0.3 is 24.3 Å². The Morgan fingerprint density at radius 1 is 0.872 bits per heavy atom. The number of para-hydroxylation sites is 1. The lowest BCUT2D eigenvalue weighted by molar-refractivity contribution is -0.132. The fraction of sp³-hybridized carbons (Fsp3) is 0.312. The highest BCUT2D eigenvalue weighted by molar-refractivity contribution is 5.96. The molecule has 4 rings (SSSR count). The lowest BCUT2D eigenvalue weighted by Crippen LogP contribution is -2.44. The second-order valence-electron chi connectivity index (χ2n) is 9.71. The van der Waals surface area contributed by atoms with Crippen LogP contribution in [0.5, 0.6) is 5.75 Å². The van der Waals surface area contributed by atoms with Crippen LogP contribution in [-0.4, -0.2) is 67.1 Å². The van der Waals surface area contributed by atoms with E-state index >= 15 is 0 Å². The van der Waals surface area contributed by atoms with Gasteiger partial charge in [0, 0.05) is 56.0 Å². The third kappa shape index (κ3) is 7.48. The number of carbonyl (C=O) groups excluding carboxylic acids is 2. The van der Waals surface area contributed by atoms with E-state index in [0.29, 0.717) is 44.6 Å². The van der Waals surface area contributed by atoms with Gasteiger partial charge in [-0.3, -0.25) is 9.59 Å². The molecule has 0 unspecified atom stereocenters. The molecule has 7 nitrogen and oxygen atoms in total. The Balaban J connectivity index is 1.54. The largest absolute Gasteiger partial charge is 0.497 e. The van der Waals surface area contributed by atoms with Crippen molar-refractivity contribution in [2.75, 3.05) is 40.5 Å². The summed E-state index contributed by atoms with van der Waals surface area (Å²) in [5, 5.41) is 1.16. The van der Waals surface area contributed by atoms with Gasteiger partial charge in [-0.15, -0.1) is 0 Å². The molecule has 7 heteroatoms. The van der Waals surface area contributed by atoms with E-state index < -0.39 is 0 Å². The molecular weight excluding hydrogens is 490 g/mol. The molecule has 0 saturated heterocycles. The Morgan fingerprint density at radius 3 is 2.33 bits per heavy atom. The zero-order valence-electron chi connectivity index (χ0n) is 23.0. The Bertz CT molecular complexity index is 1360. The van der Waals surface area contributed by atoms with Gasteiger partial charge in [0.25, 0.3) is 5.91 Å². The molecule has 4 aromatic rings. The van der Waals surface area contributed by atoms with Gasteiger partial charge in [0.1, 0.15) is 12.3 Å². The highest BCUT2D eigenvalue weighted by atomic mass is 16.5. The van der Waals surface area contributed by atoms with Gasteiger partial charge in [0.2, 0.25) is 5.91 Å². The SMILES string of the molecule is COCCCN(CC(=O)N(CCc1c[nH]c2ccccc12)Cc1ccc(OC)cc1)C(=O)c1ccc(C)cc1. The molecule has 0 atom stereocenters. The van der Waals surface area contributed by atoms with Gasteiger partial charge in [-0.2, -0.15) is 0 Å². The molecule has 0 bridgehead atoms. The van der Waals surface area contributed by atoms with Crippen molar-refractivity contribution in [3.8, 4) is 5.75 Å². The fourth-order valence-electron chi connectivity index (χ4n) is 4.63. The number of hydrogen-bond donors (Lipinski definition) is 1. The molecule has 39 heavy (non-hydrogen) atoms. The molecule has 1 N–H and O–H groups in total. The maximum atomic E-state index is 13.8. The van der Waals surface area contributed by atoms with Crippen LogP contribution >= 0.6 is 0 Å². The number of aryl methyl sites for hydroxylation is 1. The molecule has 0 aliphatic rings. The second-order valence-corrected chi connectivity index (χ2v) is 9.71. The quantitative estimate of drug-likeness (QED) is 0.242. The summed E-state index contributed by atoms with van der Waals surface area (Å²) in [6.07, 6.45) is 3.36. The lowest BCUT2D eigenvalue weighted by atomic mass is 10.1. The summed E-state index contributed by atoms with van der Waals surface area (Å²) < 4.78 is 10.5. The molecule has 0 radical (unpaired) electrons. The Morgan fingerprint density at radius 2 is 1.62 bits per heavy atom. The monoisotopic (exact) mass is 527 g/mol. The molecule has 3 aromatic carbocycles. The number of hydrogen-bond acceptors (Lipinski definition) is 4. The minimum Gasteiger partial charge on any atom is -0.497 e. The van der Waals surface area contributed by atoms with Gasteiger partial charge in [-0.25, -0.2) is 0 Å². The number of H-pyrrole nitrogens is 1. The lowest BCUT2D eigenvalue weighted by Gasteiger charge is -2.28. The van der Waals surface area contributed by atoms with Gasteiger partial charge in [0.15, 0.2) is 0 Å². The Labute approximate surface area is 230 Å². The Kier molecular flexibility index (Phi) is 9.75. The predicted molar refractivity (Wildman–Crippen MR) is 154 cm³/mol. The van der Waals surface area contributed by atoms with E-state index in [1.165, 1.54) is 0 Å². The number of ether oxygens (including phenoxy) is 2. The van der Waals surface area contributed by atoms with E-state index in [1.807, 2.05) is 84.8 Å². The summed E-state index contributed by atoms with van der Waals surface area (Å²) in [5.41, 5.74) is 4.89. The number of rotatable bonds is 13. The maximum Gasteiger partial charge on any atom is 0.254 e. The van der Waals surface area contributed by atoms with E-state index in [-0.39, 0.29) is 18.4 Å². The minimum absolute atomic E-state index is 0.000460. The van der Waals surface area contributed by atoms with Crippen LogP contribution in [-0.2, 0) is 22.5 Å². The normalized spacial score (nSPS) is 10.9. The second kappa shape index (κ2) is 13.6. The molecular formula is C32H37N3O4. The maximum absolute atomic E-state index is 13.8. The van der Waals surface area contributed by atoms with Crippen LogP contribution in [0.1, 0.15) is 33.5 Å². The van der Waals surface area contributed by atoms with E-state index in [0.717, 1.165) is 33.3 Å². The van der Waals surface area contributed by atoms with Crippen LogP contribution in [0.3, 0.4) is 0 Å². The van der Waals surface area contributed by atoms with Crippen LogP contribution in [0, 0.1) is 6.92 Å². The summed E-state index contributed by atoms with van der Waals surface area (Å²) >= 11 is 0. The van der Waals surface area contributed by atoms with Gasteiger partial charge >= 0.3 is 0 Å². The molecule has 1 aromatic heterocycles. The van der Waals surface area contributed by atoms with E-state index in [4.69, 9.17) is 9.47 Å². The number of amides is 2. The third-order valence-electron chi connectivity index (χ3n) is 6.90. The zero-order chi connectivity index (χ0) is 27.6. The van der Waals surface area contributed by atoms with Crippen molar-refractivity contribution in [1.29, 1.82) is 0 Å². The number of fused-ring (bicyclic) bond motifs is 1. The van der Waals surface area contributed by atoms with Crippen LogP contribution in [0.4, 0.5) is 0 Å². The van der Waals surface area contributed by atoms with Gasteiger partial charge in [-0.05, 0) is 61.2 Å². The predicted octanol–water partition coefficient (Wildman–Crippen LogP) is 5.24. The summed E-state index contributed by atoms with van der Waals surface area (Å²) in [5.74, 6) is 0.521. The first kappa shape index (κ1) is 27.9. The molecule has 0 spiro atoms. The van der Waals surface area contributed by atoms with Crippen LogP contribution in [0.2, 0.25) is 0 Å². The minimum atomic E-state index is -0.152. The highest BCUT2D eigenvalue weighted by Gasteiger charge is 2.23. The summed E-state index contributed by atoms with van der Waals surface area (Å²) in [7, 11) is 3.27. The number of aromatic amines is 1. The zero-order valence-corrected chi connectivity index (χ0v) is 23.0. The van der Waals surface area contributed by atoms with Crippen LogP contribution in [0.25, 0.3) is 10.9 Å². The fourth-order valence-corrected chi connectivity index (χ4v) is 4.63. The molecule has 0 aliphatic heterocycles. The number of nitrogens with zero attached hydrogens (tertiary/aromatic N) is 2. The molecule has 0 fully saturated rings. The van der Waals surface area contributed by atoms with Crippen molar-refractivity contribution in [3.05, 3.63) is 101 Å². The van der Waals surface area contributed by atoms with E-state index in [1.54, 1.807) is 19.1 Å². The summed E-state index contributed by atoms with van der Waals surface area (Å²) in [6.45, 7) is 3.90. The van der Waals surface area contributed by atoms with Crippen molar-refractivity contribution in [2.45, 2.75) is 26.3 Å². The molecule has 1 heterocycles. The van der Waals surface area contributed by atoms with Gasteiger partial charge in [0.05, 0.1) is 7.11 Å².